The Labute approximate surface area is 102 Å². The molecule has 0 aliphatic heterocycles. The second kappa shape index (κ2) is 4.59. The van der Waals surface area contributed by atoms with E-state index in [0.717, 1.165) is 4.57 Å². The van der Waals surface area contributed by atoms with Crippen LogP contribution in [0.4, 0.5) is 0 Å². The van der Waals surface area contributed by atoms with Crippen LogP contribution in [0.1, 0.15) is 19.8 Å². The molecular formula is C11H14N4O3. The Bertz CT molecular complexity index is 707. The van der Waals surface area contributed by atoms with E-state index in [1.807, 2.05) is 0 Å². The molecule has 7 nitrogen and oxygen atoms in total. The molecule has 96 valence electrons. The lowest BCUT2D eigenvalue weighted by atomic mass is 10.2. The molecule has 2 aromatic heterocycles. The number of carbonyl (C=O) groups is 1. The molecule has 0 atom stereocenters. The average molecular weight is 250 g/mol. The molecule has 2 rings (SSSR count). The Kier molecular flexibility index (Phi) is 3.14. The first-order valence-electron chi connectivity index (χ1n) is 5.64. The van der Waals surface area contributed by atoms with Crippen LogP contribution in [0.3, 0.4) is 0 Å². The number of ketones is 1. The molecular weight excluding hydrogens is 236 g/mol. The van der Waals surface area contributed by atoms with Crippen molar-refractivity contribution in [2.24, 2.45) is 7.05 Å². The molecule has 7 heteroatoms. The zero-order chi connectivity index (χ0) is 13.3. The van der Waals surface area contributed by atoms with Crippen LogP contribution < -0.4 is 11.2 Å². The predicted molar refractivity (Wildman–Crippen MR) is 65.5 cm³/mol. The van der Waals surface area contributed by atoms with Crippen molar-refractivity contribution < 1.29 is 4.79 Å². The first-order valence-corrected chi connectivity index (χ1v) is 5.64. The molecule has 0 amide bonds. The highest BCUT2D eigenvalue weighted by molar-refractivity contribution is 5.75. The maximum Gasteiger partial charge on any atom is 0.329 e. The van der Waals surface area contributed by atoms with Gasteiger partial charge in [0.25, 0.3) is 5.56 Å². The minimum atomic E-state index is -0.485. The Hall–Kier alpha value is -2.18. The highest BCUT2D eigenvalue weighted by Gasteiger charge is 2.10. The number of Topliss-reactive ketones (excluding diaryl/α,β-unsaturated/α-hetero) is 1. The molecule has 1 N–H and O–H groups in total. The molecule has 0 unspecified atom stereocenters. The van der Waals surface area contributed by atoms with Crippen molar-refractivity contribution >= 4 is 16.9 Å². The van der Waals surface area contributed by atoms with E-state index in [0.29, 0.717) is 24.9 Å². The van der Waals surface area contributed by atoms with Gasteiger partial charge in [-0.1, -0.05) is 0 Å². The Morgan fingerprint density at radius 3 is 2.83 bits per heavy atom. The summed E-state index contributed by atoms with van der Waals surface area (Å²) in [6.07, 6.45) is 2.61. The van der Waals surface area contributed by atoms with E-state index >= 15 is 0 Å². The van der Waals surface area contributed by atoms with Gasteiger partial charge in [-0.3, -0.25) is 14.3 Å². The molecule has 0 aromatic carbocycles. The van der Waals surface area contributed by atoms with Crippen LogP contribution in [-0.2, 0) is 18.4 Å². The SMILES string of the molecule is CC(=O)CCCn1cnc2[nH]c(=O)n(C)c(=O)c21. The molecule has 0 aliphatic rings. The summed E-state index contributed by atoms with van der Waals surface area (Å²) in [5, 5.41) is 0. The minimum Gasteiger partial charge on any atom is -0.325 e. The van der Waals surface area contributed by atoms with Gasteiger partial charge in [0, 0.05) is 20.0 Å². The molecule has 0 fully saturated rings. The molecule has 0 bridgehead atoms. The van der Waals surface area contributed by atoms with Crippen LogP contribution in [0.25, 0.3) is 11.2 Å². The van der Waals surface area contributed by atoms with E-state index in [1.165, 1.54) is 20.3 Å². The summed E-state index contributed by atoms with van der Waals surface area (Å²) >= 11 is 0. The molecule has 18 heavy (non-hydrogen) atoms. The van der Waals surface area contributed by atoms with E-state index in [4.69, 9.17) is 0 Å². The summed E-state index contributed by atoms with van der Waals surface area (Å²) in [6.45, 7) is 2.06. The Balaban J connectivity index is 2.41. The average Bonchev–Trinajstić information content (AvgIpc) is 2.69. The largest absolute Gasteiger partial charge is 0.329 e. The van der Waals surface area contributed by atoms with Crippen LogP contribution in [0.2, 0.25) is 0 Å². The number of hydrogen-bond donors (Lipinski definition) is 1. The molecule has 0 aliphatic carbocycles. The number of imidazole rings is 1. The van der Waals surface area contributed by atoms with Crippen LogP contribution >= 0.6 is 0 Å². The summed E-state index contributed by atoms with van der Waals surface area (Å²) in [4.78, 5) is 40.7. The number of aromatic nitrogens is 4. The summed E-state index contributed by atoms with van der Waals surface area (Å²) < 4.78 is 2.67. The van der Waals surface area contributed by atoms with Gasteiger partial charge in [0.05, 0.1) is 6.33 Å². The number of fused-ring (bicyclic) bond motifs is 1. The van der Waals surface area contributed by atoms with Crippen molar-refractivity contribution in [3.8, 4) is 0 Å². The lowest BCUT2D eigenvalue weighted by Gasteiger charge is -2.03. The van der Waals surface area contributed by atoms with Gasteiger partial charge in [0.1, 0.15) is 5.78 Å². The van der Waals surface area contributed by atoms with E-state index < -0.39 is 5.69 Å². The number of hydrogen-bond acceptors (Lipinski definition) is 4. The topological polar surface area (TPSA) is 89.8 Å². The fourth-order valence-corrected chi connectivity index (χ4v) is 1.80. The first kappa shape index (κ1) is 12.3. The fraction of sp³-hybridized carbons (Fsp3) is 0.455. The maximum absolute atomic E-state index is 11.9. The number of rotatable bonds is 4. The Morgan fingerprint density at radius 1 is 1.44 bits per heavy atom. The number of H-pyrrole nitrogens is 1. The predicted octanol–water partition coefficient (Wildman–Crippen LogP) is -0.208. The molecule has 2 aromatic rings. The van der Waals surface area contributed by atoms with Crippen molar-refractivity contribution in [2.45, 2.75) is 26.3 Å². The van der Waals surface area contributed by atoms with E-state index in [-0.39, 0.29) is 17.0 Å². The second-order valence-corrected chi connectivity index (χ2v) is 4.24. The van der Waals surface area contributed by atoms with E-state index in [1.54, 1.807) is 4.57 Å². The quantitative estimate of drug-likeness (QED) is 0.813. The summed E-state index contributed by atoms with van der Waals surface area (Å²) in [7, 11) is 1.41. The lowest BCUT2D eigenvalue weighted by molar-refractivity contribution is -0.117. The fourth-order valence-electron chi connectivity index (χ4n) is 1.80. The molecule has 2 heterocycles. The summed E-state index contributed by atoms with van der Waals surface area (Å²) in [5.74, 6) is 0.112. The number of carbonyl (C=O) groups excluding carboxylic acids is 1. The van der Waals surface area contributed by atoms with Crippen molar-refractivity contribution in [3.63, 3.8) is 0 Å². The molecule has 0 radical (unpaired) electrons. The van der Waals surface area contributed by atoms with Crippen molar-refractivity contribution in [3.05, 3.63) is 27.2 Å². The zero-order valence-corrected chi connectivity index (χ0v) is 10.3. The smallest absolute Gasteiger partial charge is 0.325 e. The van der Waals surface area contributed by atoms with Crippen LogP contribution in [0.15, 0.2) is 15.9 Å². The molecule has 0 saturated carbocycles. The van der Waals surface area contributed by atoms with Crippen molar-refractivity contribution in [2.75, 3.05) is 0 Å². The van der Waals surface area contributed by atoms with Crippen LogP contribution in [0.5, 0.6) is 0 Å². The highest BCUT2D eigenvalue weighted by atomic mass is 16.2. The number of nitrogens with one attached hydrogen (secondary N) is 1. The van der Waals surface area contributed by atoms with Gasteiger partial charge in [-0.25, -0.2) is 9.78 Å². The van der Waals surface area contributed by atoms with Gasteiger partial charge < -0.3 is 9.36 Å². The maximum atomic E-state index is 11.9. The number of aromatic amines is 1. The van der Waals surface area contributed by atoms with Crippen LogP contribution in [-0.4, -0.2) is 24.9 Å². The van der Waals surface area contributed by atoms with Gasteiger partial charge in [-0.05, 0) is 13.3 Å². The van der Waals surface area contributed by atoms with Crippen LogP contribution in [0, 0.1) is 0 Å². The summed E-state index contributed by atoms with van der Waals surface area (Å²) in [6, 6.07) is 0. The summed E-state index contributed by atoms with van der Waals surface area (Å²) in [5.41, 5.74) is -0.220. The van der Waals surface area contributed by atoms with E-state index in [9.17, 15) is 14.4 Å². The standard InChI is InChI=1S/C11H14N4O3/c1-7(16)4-3-5-15-6-12-9-8(15)10(17)14(2)11(18)13-9/h6H,3-5H2,1-2H3,(H,13,18). The zero-order valence-electron chi connectivity index (χ0n) is 10.3. The third-order valence-corrected chi connectivity index (χ3v) is 2.80. The molecule has 0 saturated heterocycles. The van der Waals surface area contributed by atoms with Crippen molar-refractivity contribution in [1.82, 2.24) is 19.1 Å². The number of aryl methyl sites for hydroxylation is 1. The van der Waals surface area contributed by atoms with Gasteiger partial charge in [0.15, 0.2) is 11.2 Å². The Morgan fingerprint density at radius 2 is 2.17 bits per heavy atom. The monoisotopic (exact) mass is 250 g/mol. The van der Waals surface area contributed by atoms with Gasteiger partial charge >= 0.3 is 5.69 Å². The van der Waals surface area contributed by atoms with Gasteiger partial charge in [0.2, 0.25) is 0 Å². The molecule has 0 spiro atoms. The minimum absolute atomic E-state index is 0.112. The second-order valence-electron chi connectivity index (χ2n) is 4.24. The number of nitrogens with zero attached hydrogens (tertiary/aromatic N) is 3. The normalized spacial score (nSPS) is 11.0. The van der Waals surface area contributed by atoms with Gasteiger partial charge in [-0.15, -0.1) is 0 Å². The van der Waals surface area contributed by atoms with Crippen molar-refractivity contribution in [1.29, 1.82) is 0 Å². The lowest BCUT2D eigenvalue weighted by Crippen LogP contribution is -2.33. The first-order chi connectivity index (χ1) is 8.50. The van der Waals surface area contributed by atoms with Gasteiger partial charge in [-0.2, -0.15) is 0 Å². The third-order valence-electron chi connectivity index (χ3n) is 2.80. The highest BCUT2D eigenvalue weighted by Crippen LogP contribution is 2.05. The third kappa shape index (κ3) is 2.11. The van der Waals surface area contributed by atoms with E-state index in [2.05, 4.69) is 9.97 Å².